The molecule has 0 heterocycles. The van der Waals surface area contributed by atoms with Gasteiger partial charge in [-0.3, -0.25) is 10.1 Å². The molecule has 0 aromatic heterocycles. The van der Waals surface area contributed by atoms with E-state index in [2.05, 4.69) is 0 Å². The molecule has 0 saturated carbocycles. The number of ether oxygens (including phenoxy) is 17. The third-order valence-electron chi connectivity index (χ3n) is 7.36. The number of rotatable bonds is 52. The first-order valence-corrected chi connectivity index (χ1v) is 21.0. The Morgan fingerprint density at radius 2 is 0.492 bits per heavy atom. The highest BCUT2D eigenvalue weighted by molar-refractivity contribution is 5.35. The first-order valence-electron chi connectivity index (χ1n) is 21.0. The standard InChI is InChI=1S/C40H73NO20/c42-5-6-45-7-8-46-9-10-47-11-12-48-13-14-49-15-16-50-17-18-51-19-20-52-21-22-53-23-24-54-25-26-55-27-28-56-29-30-57-31-32-58-33-34-59-35-36-60-37-38-61-40-3-1-39(2-4-40)41(43)44/h1-4,42H,5-38H2. The summed E-state index contributed by atoms with van der Waals surface area (Å²) in [4.78, 5) is 10.2. The van der Waals surface area contributed by atoms with Crippen LogP contribution in [0.3, 0.4) is 0 Å². The molecule has 0 bridgehead atoms. The largest absolute Gasteiger partial charge is 0.491 e. The number of nitro benzene ring substituents is 1. The van der Waals surface area contributed by atoms with E-state index in [1.807, 2.05) is 0 Å². The second-order valence-corrected chi connectivity index (χ2v) is 12.1. The van der Waals surface area contributed by atoms with Crippen molar-refractivity contribution in [3.05, 3.63) is 34.4 Å². The van der Waals surface area contributed by atoms with Gasteiger partial charge in [-0.25, -0.2) is 0 Å². The minimum atomic E-state index is -0.454. The van der Waals surface area contributed by atoms with E-state index in [1.54, 1.807) is 12.1 Å². The zero-order valence-corrected chi connectivity index (χ0v) is 36.0. The van der Waals surface area contributed by atoms with Crippen LogP contribution >= 0.6 is 0 Å². The maximum absolute atomic E-state index is 10.7. The van der Waals surface area contributed by atoms with Crippen LogP contribution in [-0.4, -0.2) is 235 Å². The number of aliphatic hydroxyl groups is 1. The molecule has 0 aliphatic heterocycles. The van der Waals surface area contributed by atoms with Crippen molar-refractivity contribution < 1.29 is 90.6 Å². The van der Waals surface area contributed by atoms with Crippen molar-refractivity contribution in [1.29, 1.82) is 0 Å². The number of hydrogen-bond donors (Lipinski definition) is 1. The molecule has 1 rings (SSSR count). The number of hydrogen-bond acceptors (Lipinski definition) is 20. The highest BCUT2D eigenvalue weighted by Crippen LogP contribution is 2.17. The Balaban J connectivity index is 1.61. The first-order chi connectivity index (χ1) is 30.2. The summed E-state index contributed by atoms with van der Waals surface area (Å²) < 4.78 is 92.5. The number of nitrogens with zero attached hydrogens (tertiary/aromatic N) is 1. The van der Waals surface area contributed by atoms with Gasteiger partial charge in [0.25, 0.3) is 5.69 Å². The third kappa shape index (κ3) is 44.2. The van der Waals surface area contributed by atoms with Gasteiger partial charge in [-0.1, -0.05) is 0 Å². The molecule has 1 aromatic rings. The van der Waals surface area contributed by atoms with Gasteiger partial charge >= 0.3 is 0 Å². The quantitative estimate of drug-likeness (QED) is 0.0552. The van der Waals surface area contributed by atoms with Crippen LogP contribution in [0.15, 0.2) is 24.3 Å². The van der Waals surface area contributed by atoms with Crippen LogP contribution in [0, 0.1) is 10.1 Å². The van der Waals surface area contributed by atoms with Crippen molar-refractivity contribution in [2.75, 3.05) is 225 Å². The first kappa shape index (κ1) is 56.8. The highest BCUT2D eigenvalue weighted by atomic mass is 16.6. The van der Waals surface area contributed by atoms with Crippen LogP contribution in [0.1, 0.15) is 0 Å². The second-order valence-electron chi connectivity index (χ2n) is 12.1. The molecule has 0 saturated heterocycles. The highest BCUT2D eigenvalue weighted by Gasteiger charge is 2.04. The van der Waals surface area contributed by atoms with Crippen molar-refractivity contribution in [2.24, 2.45) is 0 Å². The molecule has 0 aliphatic carbocycles. The topological polar surface area (TPSA) is 220 Å². The van der Waals surface area contributed by atoms with Crippen molar-refractivity contribution >= 4 is 5.69 Å². The molecule has 0 amide bonds. The van der Waals surface area contributed by atoms with Gasteiger partial charge in [0, 0.05) is 12.1 Å². The van der Waals surface area contributed by atoms with Crippen molar-refractivity contribution in [3.63, 3.8) is 0 Å². The van der Waals surface area contributed by atoms with E-state index in [0.29, 0.717) is 224 Å². The lowest BCUT2D eigenvalue weighted by Gasteiger charge is -2.09. The maximum atomic E-state index is 10.7. The number of benzene rings is 1. The molecule has 1 N–H and O–H groups in total. The van der Waals surface area contributed by atoms with Crippen molar-refractivity contribution in [1.82, 2.24) is 0 Å². The van der Waals surface area contributed by atoms with Crippen LogP contribution in [0.5, 0.6) is 5.75 Å². The zero-order valence-electron chi connectivity index (χ0n) is 36.0. The summed E-state index contributed by atoms with van der Waals surface area (Å²) in [6.45, 7) is 15.4. The molecule has 0 unspecified atom stereocenters. The summed E-state index contributed by atoms with van der Waals surface area (Å²) in [5.74, 6) is 0.551. The van der Waals surface area contributed by atoms with Crippen LogP contribution in [0.25, 0.3) is 0 Å². The fourth-order valence-electron chi connectivity index (χ4n) is 4.35. The van der Waals surface area contributed by atoms with E-state index in [0.717, 1.165) is 0 Å². The van der Waals surface area contributed by atoms with Gasteiger partial charge in [0.2, 0.25) is 0 Å². The van der Waals surface area contributed by atoms with Gasteiger partial charge in [-0.05, 0) is 12.1 Å². The third-order valence-corrected chi connectivity index (χ3v) is 7.36. The van der Waals surface area contributed by atoms with E-state index < -0.39 is 4.92 Å². The second kappa shape index (κ2) is 48.8. The molecule has 0 atom stereocenters. The van der Waals surface area contributed by atoms with Crippen LogP contribution in [-0.2, 0) is 75.8 Å². The van der Waals surface area contributed by atoms with E-state index in [9.17, 15) is 10.1 Å². The van der Waals surface area contributed by atoms with Crippen LogP contribution in [0.4, 0.5) is 5.69 Å². The number of nitro groups is 1. The zero-order chi connectivity index (χ0) is 43.6. The van der Waals surface area contributed by atoms with Crippen molar-refractivity contribution in [3.8, 4) is 5.75 Å². The average Bonchev–Trinajstić information content (AvgIpc) is 3.27. The van der Waals surface area contributed by atoms with E-state index in [-0.39, 0.29) is 12.3 Å². The normalized spacial score (nSPS) is 11.5. The van der Waals surface area contributed by atoms with Gasteiger partial charge < -0.3 is 85.6 Å². The maximum Gasteiger partial charge on any atom is 0.269 e. The van der Waals surface area contributed by atoms with Gasteiger partial charge in [0.1, 0.15) is 12.4 Å². The Kier molecular flexibility index (Phi) is 45.4. The van der Waals surface area contributed by atoms with E-state index in [1.165, 1.54) is 12.1 Å². The summed E-state index contributed by atoms with van der Waals surface area (Å²) in [7, 11) is 0. The van der Waals surface area contributed by atoms with Gasteiger partial charge in [0.15, 0.2) is 0 Å². The lowest BCUT2D eigenvalue weighted by molar-refractivity contribution is -0.384. The Bertz CT molecular complexity index is 1020. The summed E-state index contributed by atoms with van der Waals surface area (Å²) >= 11 is 0. The predicted octanol–water partition coefficient (Wildman–Crippen LogP) is 1.23. The fraction of sp³-hybridized carbons (Fsp3) is 0.850. The monoisotopic (exact) mass is 887 g/mol. The molecule has 61 heavy (non-hydrogen) atoms. The predicted molar refractivity (Wildman–Crippen MR) is 219 cm³/mol. The number of aliphatic hydroxyl groups excluding tert-OH is 1. The minimum absolute atomic E-state index is 0.0178. The molecule has 0 aliphatic rings. The Labute approximate surface area is 360 Å². The Hall–Kier alpha value is -2.26. The molecule has 21 nitrogen and oxygen atoms in total. The van der Waals surface area contributed by atoms with E-state index in [4.69, 9.17) is 85.6 Å². The molecule has 0 spiro atoms. The van der Waals surface area contributed by atoms with Gasteiger partial charge in [-0.15, -0.1) is 0 Å². The summed E-state index contributed by atoms with van der Waals surface area (Å²) in [6, 6.07) is 5.90. The lowest BCUT2D eigenvalue weighted by atomic mass is 10.3. The SMILES string of the molecule is O=[N+]([O-])c1ccc(OCCOCCOCCOCCOCCOCCOCCOCCOCCOCCOCCOCCOCCOCCOCCOCCOCCO)cc1. The Morgan fingerprint density at radius 3 is 0.672 bits per heavy atom. The van der Waals surface area contributed by atoms with Gasteiger partial charge in [-0.2, -0.15) is 0 Å². The Morgan fingerprint density at radius 1 is 0.311 bits per heavy atom. The molecule has 0 radical (unpaired) electrons. The van der Waals surface area contributed by atoms with Crippen LogP contribution < -0.4 is 4.74 Å². The molecular weight excluding hydrogens is 814 g/mol. The summed E-state index contributed by atoms with van der Waals surface area (Å²) in [6.07, 6.45) is 0. The molecule has 0 fully saturated rings. The van der Waals surface area contributed by atoms with Crippen LogP contribution in [0.2, 0.25) is 0 Å². The fourth-order valence-corrected chi connectivity index (χ4v) is 4.35. The van der Waals surface area contributed by atoms with Gasteiger partial charge in [0.05, 0.1) is 223 Å². The summed E-state index contributed by atoms with van der Waals surface area (Å²) in [5.41, 5.74) is 0.0213. The summed E-state index contributed by atoms with van der Waals surface area (Å²) in [5, 5.41) is 19.3. The van der Waals surface area contributed by atoms with E-state index >= 15 is 0 Å². The minimum Gasteiger partial charge on any atom is -0.491 e. The molecule has 21 heteroatoms. The molecule has 1 aromatic carbocycles. The lowest BCUT2D eigenvalue weighted by Crippen LogP contribution is -2.16. The average molecular weight is 888 g/mol. The van der Waals surface area contributed by atoms with Crippen molar-refractivity contribution in [2.45, 2.75) is 0 Å². The smallest absolute Gasteiger partial charge is 0.269 e. The molecule has 358 valence electrons. The molecular formula is C40H73NO20. The number of non-ortho nitro benzene ring substituents is 1.